The molecule has 22 heavy (non-hydrogen) atoms. The first kappa shape index (κ1) is 16.4. The lowest BCUT2D eigenvalue weighted by atomic mass is 10.2. The van der Waals surface area contributed by atoms with Crippen LogP contribution in [0.5, 0.6) is 5.75 Å². The molecule has 1 heterocycles. The Kier molecular flexibility index (Phi) is 5.85. The van der Waals surface area contributed by atoms with Gasteiger partial charge in [0, 0.05) is 35.7 Å². The second kappa shape index (κ2) is 7.86. The van der Waals surface area contributed by atoms with E-state index in [0.717, 1.165) is 0 Å². The van der Waals surface area contributed by atoms with Gasteiger partial charge in [-0.25, -0.2) is 4.39 Å². The second-order valence-corrected chi connectivity index (χ2v) is 5.25. The van der Waals surface area contributed by atoms with E-state index in [0.29, 0.717) is 22.3 Å². The van der Waals surface area contributed by atoms with Crippen LogP contribution in [0.4, 0.5) is 10.1 Å². The molecule has 0 saturated heterocycles. The fourth-order valence-corrected chi connectivity index (χ4v) is 2.03. The first-order valence-electron chi connectivity index (χ1n) is 6.43. The minimum absolute atomic E-state index is 0.110. The van der Waals surface area contributed by atoms with E-state index in [1.165, 1.54) is 25.4 Å². The number of anilines is 1. The predicted molar refractivity (Wildman–Crippen MR) is 83.7 cm³/mol. The summed E-state index contributed by atoms with van der Waals surface area (Å²) < 4.78 is 24.6. The van der Waals surface area contributed by atoms with Crippen LogP contribution in [-0.4, -0.2) is 31.2 Å². The Bertz CT molecular complexity index is 667. The lowest BCUT2D eigenvalue weighted by Crippen LogP contribution is -2.12. The molecule has 0 unspecified atom stereocenters. The van der Waals surface area contributed by atoms with Crippen LogP contribution < -0.4 is 10.1 Å². The molecular weight excluding hydrogens is 355 g/mol. The van der Waals surface area contributed by atoms with Gasteiger partial charge >= 0.3 is 0 Å². The number of hydrogen-bond donors (Lipinski definition) is 1. The number of aromatic nitrogens is 1. The summed E-state index contributed by atoms with van der Waals surface area (Å²) in [5.41, 5.74) is 0.705. The smallest absolute Gasteiger partial charge is 0.257 e. The monoisotopic (exact) mass is 368 g/mol. The number of methoxy groups -OCH3 is 1. The highest BCUT2D eigenvalue weighted by Gasteiger charge is 2.10. The Morgan fingerprint density at radius 3 is 2.82 bits per heavy atom. The van der Waals surface area contributed by atoms with E-state index in [-0.39, 0.29) is 18.3 Å². The van der Waals surface area contributed by atoms with E-state index in [2.05, 4.69) is 26.2 Å². The zero-order valence-corrected chi connectivity index (χ0v) is 13.4. The van der Waals surface area contributed by atoms with Gasteiger partial charge < -0.3 is 14.8 Å². The Hall–Kier alpha value is -1.99. The molecule has 0 atom stereocenters. The van der Waals surface area contributed by atoms with Crippen molar-refractivity contribution in [1.29, 1.82) is 0 Å². The molecule has 0 spiro atoms. The standard InChI is InChI=1S/C15H14BrFN2O3/c1-21-4-5-22-14-3-2-12(7-13(14)17)19-15(20)10-6-11(16)9-18-8-10/h2-3,6-9H,4-5H2,1H3,(H,19,20). The molecule has 0 bridgehead atoms. The van der Waals surface area contributed by atoms with Crippen molar-refractivity contribution in [3.63, 3.8) is 0 Å². The SMILES string of the molecule is COCCOc1ccc(NC(=O)c2cncc(Br)c2)cc1F. The van der Waals surface area contributed by atoms with E-state index in [9.17, 15) is 9.18 Å². The molecule has 1 aromatic heterocycles. The minimum Gasteiger partial charge on any atom is -0.488 e. The van der Waals surface area contributed by atoms with Gasteiger partial charge in [0.1, 0.15) is 6.61 Å². The molecule has 5 nitrogen and oxygen atoms in total. The van der Waals surface area contributed by atoms with Gasteiger partial charge in [-0.05, 0) is 34.1 Å². The van der Waals surface area contributed by atoms with Gasteiger partial charge in [-0.1, -0.05) is 0 Å². The molecule has 0 aliphatic carbocycles. The summed E-state index contributed by atoms with van der Waals surface area (Å²) in [6, 6.07) is 5.85. The molecule has 1 amide bonds. The van der Waals surface area contributed by atoms with Crippen molar-refractivity contribution in [3.05, 3.63) is 52.5 Å². The minimum atomic E-state index is -0.554. The number of nitrogens with zero attached hydrogens (tertiary/aromatic N) is 1. The number of benzene rings is 1. The first-order valence-corrected chi connectivity index (χ1v) is 7.22. The number of pyridine rings is 1. The Balaban J connectivity index is 2.04. The van der Waals surface area contributed by atoms with Crippen molar-refractivity contribution < 1.29 is 18.7 Å². The van der Waals surface area contributed by atoms with Crippen LogP contribution in [0.25, 0.3) is 0 Å². The second-order valence-electron chi connectivity index (χ2n) is 4.33. The van der Waals surface area contributed by atoms with Crippen molar-refractivity contribution >= 4 is 27.5 Å². The van der Waals surface area contributed by atoms with Crippen LogP contribution in [0.15, 0.2) is 41.1 Å². The highest BCUT2D eigenvalue weighted by Crippen LogP contribution is 2.21. The van der Waals surface area contributed by atoms with Gasteiger partial charge in [0.2, 0.25) is 0 Å². The molecule has 0 saturated carbocycles. The summed E-state index contributed by atoms with van der Waals surface area (Å²) in [4.78, 5) is 15.9. The maximum atomic E-state index is 13.9. The molecule has 0 aliphatic heterocycles. The first-order chi connectivity index (χ1) is 10.6. The summed E-state index contributed by atoms with van der Waals surface area (Å²) in [5.74, 6) is -0.818. The van der Waals surface area contributed by atoms with Gasteiger partial charge in [0.15, 0.2) is 11.6 Å². The number of hydrogen-bond acceptors (Lipinski definition) is 4. The lowest BCUT2D eigenvalue weighted by molar-refractivity contribution is 0.102. The summed E-state index contributed by atoms with van der Waals surface area (Å²) in [7, 11) is 1.54. The van der Waals surface area contributed by atoms with Crippen molar-refractivity contribution in [1.82, 2.24) is 4.98 Å². The summed E-state index contributed by atoms with van der Waals surface area (Å²) in [6.07, 6.45) is 3.00. The lowest BCUT2D eigenvalue weighted by Gasteiger charge is -2.09. The zero-order valence-electron chi connectivity index (χ0n) is 11.8. The van der Waals surface area contributed by atoms with E-state index in [1.807, 2.05) is 0 Å². The maximum absolute atomic E-state index is 13.9. The molecular formula is C15H14BrFN2O3. The van der Waals surface area contributed by atoms with Gasteiger partial charge in [-0.2, -0.15) is 0 Å². The fraction of sp³-hybridized carbons (Fsp3) is 0.200. The van der Waals surface area contributed by atoms with Crippen molar-refractivity contribution in [3.8, 4) is 5.75 Å². The molecule has 7 heteroatoms. The number of rotatable bonds is 6. The summed E-state index contributed by atoms with van der Waals surface area (Å²) in [5, 5.41) is 2.60. The van der Waals surface area contributed by atoms with E-state index in [4.69, 9.17) is 9.47 Å². The highest BCUT2D eigenvalue weighted by atomic mass is 79.9. The van der Waals surface area contributed by atoms with Crippen molar-refractivity contribution in [2.24, 2.45) is 0 Å². The van der Waals surface area contributed by atoms with Crippen LogP contribution in [0.2, 0.25) is 0 Å². The number of ether oxygens (including phenoxy) is 2. The fourth-order valence-electron chi connectivity index (χ4n) is 1.67. The molecule has 1 N–H and O–H groups in total. The topological polar surface area (TPSA) is 60.5 Å². The number of halogens is 2. The number of carbonyl (C=O) groups excluding carboxylic acids is 1. The van der Waals surface area contributed by atoms with Gasteiger partial charge in [0.25, 0.3) is 5.91 Å². The van der Waals surface area contributed by atoms with Crippen LogP contribution in [0.3, 0.4) is 0 Å². The average Bonchev–Trinajstić information content (AvgIpc) is 2.49. The van der Waals surface area contributed by atoms with E-state index >= 15 is 0 Å². The predicted octanol–water partition coefficient (Wildman–Crippen LogP) is 3.26. The largest absolute Gasteiger partial charge is 0.488 e. The molecule has 0 radical (unpaired) electrons. The van der Waals surface area contributed by atoms with Gasteiger partial charge in [-0.15, -0.1) is 0 Å². The third-order valence-electron chi connectivity index (χ3n) is 2.70. The van der Waals surface area contributed by atoms with Crippen molar-refractivity contribution in [2.75, 3.05) is 25.6 Å². The van der Waals surface area contributed by atoms with Crippen LogP contribution in [-0.2, 0) is 4.74 Å². The highest BCUT2D eigenvalue weighted by molar-refractivity contribution is 9.10. The average molecular weight is 369 g/mol. The molecule has 0 aliphatic rings. The molecule has 1 aromatic carbocycles. The summed E-state index contributed by atoms with van der Waals surface area (Å²) >= 11 is 3.24. The van der Waals surface area contributed by atoms with E-state index < -0.39 is 5.82 Å². The van der Waals surface area contributed by atoms with Crippen LogP contribution >= 0.6 is 15.9 Å². The Morgan fingerprint density at radius 1 is 1.32 bits per heavy atom. The Labute approximate surface area is 135 Å². The normalized spacial score (nSPS) is 10.3. The summed E-state index contributed by atoms with van der Waals surface area (Å²) in [6.45, 7) is 0.622. The van der Waals surface area contributed by atoms with Gasteiger partial charge in [0.05, 0.1) is 12.2 Å². The Morgan fingerprint density at radius 2 is 2.14 bits per heavy atom. The van der Waals surface area contributed by atoms with Gasteiger partial charge in [-0.3, -0.25) is 9.78 Å². The van der Waals surface area contributed by atoms with Crippen LogP contribution in [0, 0.1) is 5.82 Å². The molecule has 116 valence electrons. The van der Waals surface area contributed by atoms with E-state index in [1.54, 1.807) is 18.3 Å². The number of amides is 1. The number of nitrogens with one attached hydrogen (secondary N) is 1. The van der Waals surface area contributed by atoms with Crippen molar-refractivity contribution in [2.45, 2.75) is 0 Å². The zero-order chi connectivity index (χ0) is 15.9. The molecule has 2 rings (SSSR count). The van der Waals surface area contributed by atoms with Crippen LogP contribution in [0.1, 0.15) is 10.4 Å². The third-order valence-corrected chi connectivity index (χ3v) is 3.14. The molecule has 0 fully saturated rings. The quantitative estimate of drug-likeness (QED) is 0.795. The molecule has 2 aromatic rings. The third kappa shape index (κ3) is 4.51. The maximum Gasteiger partial charge on any atom is 0.257 e. The number of carbonyl (C=O) groups is 1.